The molecule has 1 aliphatic heterocycles. The summed E-state index contributed by atoms with van der Waals surface area (Å²) >= 11 is 0. The van der Waals surface area contributed by atoms with Gasteiger partial charge in [-0.25, -0.2) is 0 Å². The van der Waals surface area contributed by atoms with Gasteiger partial charge < -0.3 is 10.4 Å². The molecule has 0 spiro atoms. The van der Waals surface area contributed by atoms with E-state index in [9.17, 15) is 0 Å². The molecule has 2 heteroatoms. The number of nitrogens with one attached hydrogen (secondary N) is 1. The van der Waals surface area contributed by atoms with Gasteiger partial charge >= 0.3 is 0 Å². The van der Waals surface area contributed by atoms with Gasteiger partial charge in [-0.2, -0.15) is 0 Å². The lowest BCUT2D eigenvalue weighted by Crippen LogP contribution is -2.23. The third-order valence-corrected chi connectivity index (χ3v) is 1.52. The molecule has 2 N–H and O–H groups in total. The molecule has 0 aromatic rings. The van der Waals surface area contributed by atoms with Crippen molar-refractivity contribution < 1.29 is 5.11 Å². The number of rotatable bonds is 0. The predicted octanol–water partition coefficient (Wildman–Crippen LogP) is 2.17. The fraction of sp³-hybridized carbons (Fsp3) is 1.00. The van der Waals surface area contributed by atoms with Crippen molar-refractivity contribution in [1.82, 2.24) is 5.32 Å². The van der Waals surface area contributed by atoms with Crippen molar-refractivity contribution >= 4 is 0 Å². The smallest absolute Gasteiger partial charge is 0.0664 e. The van der Waals surface area contributed by atoms with Crippen molar-refractivity contribution in [3.05, 3.63) is 0 Å². The molecular formula is C10H25NO. The first-order chi connectivity index (χ1) is 5.89. The van der Waals surface area contributed by atoms with Crippen molar-refractivity contribution in [2.24, 2.45) is 0 Å². The van der Waals surface area contributed by atoms with Crippen LogP contribution in [0, 0.1) is 0 Å². The third kappa shape index (κ3) is 9.92. The topological polar surface area (TPSA) is 32.3 Å². The molecule has 1 unspecified atom stereocenters. The van der Waals surface area contributed by atoms with Gasteiger partial charge in [-0.1, -0.05) is 27.7 Å². The molecule has 0 bridgehead atoms. The first-order valence-electron chi connectivity index (χ1n) is 5.28. The van der Waals surface area contributed by atoms with E-state index in [0.29, 0.717) is 0 Å². The Hall–Kier alpha value is -0.0800. The van der Waals surface area contributed by atoms with Gasteiger partial charge in [-0.05, 0) is 25.8 Å². The first kappa shape index (κ1) is 14.4. The molecule has 0 aromatic heterocycles. The van der Waals surface area contributed by atoms with Crippen LogP contribution in [0.15, 0.2) is 0 Å². The Labute approximate surface area is 77.4 Å². The van der Waals surface area contributed by atoms with E-state index in [1.54, 1.807) is 0 Å². The molecule has 1 atom stereocenters. The van der Waals surface area contributed by atoms with E-state index in [0.717, 1.165) is 19.5 Å². The van der Waals surface area contributed by atoms with Gasteiger partial charge in [0.05, 0.1) is 6.10 Å². The molecule has 1 saturated heterocycles. The summed E-state index contributed by atoms with van der Waals surface area (Å²) in [5, 5.41) is 12.2. The van der Waals surface area contributed by atoms with Gasteiger partial charge in [-0.15, -0.1) is 0 Å². The molecule has 12 heavy (non-hydrogen) atoms. The second kappa shape index (κ2) is 13.5. The van der Waals surface area contributed by atoms with Crippen LogP contribution in [-0.4, -0.2) is 24.3 Å². The van der Waals surface area contributed by atoms with Gasteiger partial charge in [0, 0.05) is 6.54 Å². The summed E-state index contributed by atoms with van der Waals surface area (Å²) in [5.74, 6) is 0. The highest BCUT2D eigenvalue weighted by Gasteiger charge is 2.05. The van der Waals surface area contributed by atoms with Crippen molar-refractivity contribution in [1.29, 1.82) is 0 Å². The standard InChI is InChI=1S/C6H13NO.2C2H6/c8-6-3-1-2-4-7-5-6;2*1-2/h6-8H,1-5H2;2*1-2H3. The van der Waals surface area contributed by atoms with Gasteiger partial charge in [-0.3, -0.25) is 0 Å². The Morgan fingerprint density at radius 1 is 1.08 bits per heavy atom. The van der Waals surface area contributed by atoms with Crippen LogP contribution in [0.4, 0.5) is 0 Å². The third-order valence-electron chi connectivity index (χ3n) is 1.52. The maximum Gasteiger partial charge on any atom is 0.0664 e. The first-order valence-corrected chi connectivity index (χ1v) is 5.28. The number of hydrogen-bond acceptors (Lipinski definition) is 2. The predicted molar refractivity (Wildman–Crippen MR) is 55.4 cm³/mol. The summed E-state index contributed by atoms with van der Waals surface area (Å²) in [6.07, 6.45) is 3.29. The largest absolute Gasteiger partial charge is 0.392 e. The SMILES string of the molecule is CC.CC.OC1CCCCNC1. The normalized spacial score (nSPS) is 22.2. The van der Waals surface area contributed by atoms with Gasteiger partial charge in [0.25, 0.3) is 0 Å². The molecule has 0 saturated carbocycles. The zero-order chi connectivity index (χ0) is 9.82. The van der Waals surface area contributed by atoms with Crippen LogP contribution in [0.3, 0.4) is 0 Å². The second-order valence-electron chi connectivity index (χ2n) is 2.35. The maximum absolute atomic E-state index is 9.03. The average Bonchev–Trinajstić information content (AvgIpc) is 2.40. The lowest BCUT2D eigenvalue weighted by Gasteiger charge is -2.03. The minimum atomic E-state index is -0.0856. The molecule has 0 aromatic carbocycles. The zero-order valence-electron chi connectivity index (χ0n) is 9.06. The number of aliphatic hydroxyl groups is 1. The van der Waals surface area contributed by atoms with E-state index in [1.165, 1.54) is 12.8 Å². The lowest BCUT2D eigenvalue weighted by atomic mass is 10.2. The van der Waals surface area contributed by atoms with E-state index in [2.05, 4.69) is 5.32 Å². The summed E-state index contributed by atoms with van der Waals surface area (Å²) in [5.41, 5.74) is 0. The van der Waals surface area contributed by atoms with Crippen LogP contribution in [0.25, 0.3) is 0 Å². The van der Waals surface area contributed by atoms with Crippen molar-refractivity contribution in [3.8, 4) is 0 Å². The Kier molecular flexibility index (Phi) is 16.3. The van der Waals surface area contributed by atoms with Crippen LogP contribution in [0.5, 0.6) is 0 Å². The van der Waals surface area contributed by atoms with E-state index >= 15 is 0 Å². The number of aliphatic hydroxyl groups excluding tert-OH is 1. The Bertz CT molecular complexity index is 58.9. The molecular weight excluding hydrogens is 150 g/mol. The Morgan fingerprint density at radius 3 is 2.25 bits per heavy atom. The second-order valence-corrected chi connectivity index (χ2v) is 2.35. The maximum atomic E-state index is 9.03. The Balaban J connectivity index is 0. The van der Waals surface area contributed by atoms with Crippen molar-refractivity contribution in [2.45, 2.75) is 53.1 Å². The van der Waals surface area contributed by atoms with E-state index in [-0.39, 0.29) is 6.10 Å². The molecule has 1 heterocycles. The summed E-state index contributed by atoms with van der Waals surface area (Å²) < 4.78 is 0. The van der Waals surface area contributed by atoms with Crippen LogP contribution in [0.2, 0.25) is 0 Å². The van der Waals surface area contributed by atoms with Crippen LogP contribution in [0.1, 0.15) is 47.0 Å². The minimum absolute atomic E-state index is 0.0856. The zero-order valence-corrected chi connectivity index (χ0v) is 9.06. The monoisotopic (exact) mass is 175 g/mol. The highest BCUT2D eigenvalue weighted by Crippen LogP contribution is 2.02. The molecule has 0 radical (unpaired) electrons. The molecule has 1 fully saturated rings. The van der Waals surface area contributed by atoms with Crippen LogP contribution in [-0.2, 0) is 0 Å². The molecule has 0 aliphatic carbocycles. The van der Waals surface area contributed by atoms with Crippen LogP contribution < -0.4 is 5.32 Å². The van der Waals surface area contributed by atoms with Gasteiger partial charge in [0.2, 0.25) is 0 Å². The van der Waals surface area contributed by atoms with Gasteiger partial charge in [0.1, 0.15) is 0 Å². The molecule has 76 valence electrons. The highest BCUT2D eigenvalue weighted by molar-refractivity contribution is 4.64. The van der Waals surface area contributed by atoms with E-state index in [4.69, 9.17) is 5.11 Å². The fourth-order valence-corrected chi connectivity index (χ4v) is 1.00. The van der Waals surface area contributed by atoms with Crippen LogP contribution >= 0.6 is 0 Å². The number of hydrogen-bond donors (Lipinski definition) is 2. The van der Waals surface area contributed by atoms with E-state index in [1.807, 2.05) is 27.7 Å². The average molecular weight is 175 g/mol. The quantitative estimate of drug-likeness (QED) is 0.591. The van der Waals surface area contributed by atoms with E-state index < -0.39 is 0 Å². The molecule has 1 rings (SSSR count). The fourth-order valence-electron chi connectivity index (χ4n) is 1.00. The summed E-state index contributed by atoms with van der Waals surface area (Å²) in [7, 11) is 0. The van der Waals surface area contributed by atoms with Crippen molar-refractivity contribution in [3.63, 3.8) is 0 Å². The summed E-state index contributed by atoms with van der Waals surface area (Å²) in [4.78, 5) is 0. The summed E-state index contributed by atoms with van der Waals surface area (Å²) in [6.45, 7) is 9.87. The molecule has 0 amide bonds. The van der Waals surface area contributed by atoms with Crippen molar-refractivity contribution in [2.75, 3.05) is 13.1 Å². The number of β-amino-alcohol motifs (C(OH)–C–C–N with tert-alkyl or cyclic N) is 1. The Morgan fingerprint density at radius 2 is 1.67 bits per heavy atom. The highest BCUT2D eigenvalue weighted by atomic mass is 16.3. The summed E-state index contributed by atoms with van der Waals surface area (Å²) in [6, 6.07) is 0. The molecule has 2 nitrogen and oxygen atoms in total. The lowest BCUT2D eigenvalue weighted by molar-refractivity contribution is 0.168. The van der Waals surface area contributed by atoms with Gasteiger partial charge in [0.15, 0.2) is 0 Å². The minimum Gasteiger partial charge on any atom is -0.392 e. The molecule has 1 aliphatic rings.